The third-order valence-corrected chi connectivity index (χ3v) is 2.22. The molecular weight excluding hydrogens is 196 g/mol. The molecule has 0 bridgehead atoms. The van der Waals surface area contributed by atoms with E-state index in [0.29, 0.717) is 0 Å². The number of esters is 1. The maximum atomic E-state index is 11.2. The van der Waals surface area contributed by atoms with Gasteiger partial charge in [-0.25, -0.2) is 4.79 Å². The average molecular weight is 208 g/mol. The zero-order chi connectivity index (χ0) is 10.7. The molecule has 80 valence electrons. The van der Waals surface area contributed by atoms with Crippen LogP contribution in [0.5, 0.6) is 0 Å². The minimum absolute atomic E-state index is 0.242. The van der Waals surface area contributed by atoms with Crippen LogP contribution < -0.4 is 0 Å². The molecule has 1 heterocycles. The lowest BCUT2D eigenvalue weighted by Crippen LogP contribution is -2.23. The molecule has 2 unspecified atom stereocenters. The SMILES string of the molecule is COC(=O)C1COC(c2ccccc2)O1. The molecule has 1 aromatic carbocycles. The second-order valence-electron chi connectivity index (χ2n) is 3.22. The Labute approximate surface area is 87.8 Å². The van der Waals surface area contributed by atoms with E-state index in [1.54, 1.807) is 0 Å². The number of benzene rings is 1. The molecule has 1 fully saturated rings. The summed E-state index contributed by atoms with van der Waals surface area (Å²) in [4.78, 5) is 11.2. The summed E-state index contributed by atoms with van der Waals surface area (Å²) in [6.45, 7) is 0.242. The minimum Gasteiger partial charge on any atom is -0.467 e. The lowest BCUT2D eigenvalue weighted by molar-refractivity contribution is -0.154. The van der Waals surface area contributed by atoms with E-state index in [1.165, 1.54) is 7.11 Å². The monoisotopic (exact) mass is 208 g/mol. The van der Waals surface area contributed by atoms with E-state index in [-0.39, 0.29) is 6.61 Å². The van der Waals surface area contributed by atoms with Gasteiger partial charge >= 0.3 is 5.97 Å². The van der Waals surface area contributed by atoms with Crippen LogP contribution in [0.25, 0.3) is 0 Å². The first kappa shape index (κ1) is 10.1. The van der Waals surface area contributed by atoms with Crippen LogP contribution in [0.4, 0.5) is 0 Å². The topological polar surface area (TPSA) is 44.8 Å². The van der Waals surface area contributed by atoms with Crippen LogP contribution in [0, 0.1) is 0 Å². The van der Waals surface area contributed by atoms with Gasteiger partial charge in [-0.15, -0.1) is 0 Å². The molecule has 0 aromatic heterocycles. The van der Waals surface area contributed by atoms with Crippen molar-refractivity contribution in [3.63, 3.8) is 0 Å². The van der Waals surface area contributed by atoms with E-state index in [9.17, 15) is 4.79 Å². The molecular formula is C11H12O4. The molecule has 1 aromatic rings. The zero-order valence-corrected chi connectivity index (χ0v) is 8.38. The van der Waals surface area contributed by atoms with Gasteiger partial charge in [-0.1, -0.05) is 30.3 Å². The molecule has 1 saturated heterocycles. The summed E-state index contributed by atoms with van der Waals surface area (Å²) >= 11 is 0. The molecule has 0 aliphatic carbocycles. The highest BCUT2D eigenvalue weighted by Crippen LogP contribution is 2.26. The number of carbonyl (C=O) groups excluding carboxylic acids is 1. The van der Waals surface area contributed by atoms with Gasteiger partial charge in [0.15, 0.2) is 12.4 Å². The van der Waals surface area contributed by atoms with Crippen molar-refractivity contribution in [2.45, 2.75) is 12.4 Å². The van der Waals surface area contributed by atoms with Crippen LogP contribution in [-0.2, 0) is 19.0 Å². The van der Waals surface area contributed by atoms with Crippen LogP contribution >= 0.6 is 0 Å². The van der Waals surface area contributed by atoms with Crippen LogP contribution in [0.1, 0.15) is 11.9 Å². The Morgan fingerprint density at radius 2 is 2.13 bits per heavy atom. The summed E-state index contributed by atoms with van der Waals surface area (Å²) in [6.07, 6.45) is -1.07. The fourth-order valence-electron chi connectivity index (χ4n) is 1.44. The number of hydrogen-bond donors (Lipinski definition) is 0. The van der Waals surface area contributed by atoms with Gasteiger partial charge in [-0.05, 0) is 0 Å². The summed E-state index contributed by atoms with van der Waals surface area (Å²) in [5.74, 6) is -0.395. The van der Waals surface area contributed by atoms with E-state index < -0.39 is 18.4 Å². The predicted octanol–water partition coefficient (Wildman–Crippen LogP) is 1.27. The van der Waals surface area contributed by atoms with Gasteiger partial charge in [0.25, 0.3) is 0 Å². The Morgan fingerprint density at radius 3 is 2.80 bits per heavy atom. The highest BCUT2D eigenvalue weighted by Gasteiger charge is 2.32. The first-order valence-electron chi connectivity index (χ1n) is 4.71. The predicted molar refractivity (Wildman–Crippen MR) is 52.0 cm³/mol. The van der Waals surface area contributed by atoms with E-state index in [1.807, 2.05) is 30.3 Å². The minimum atomic E-state index is -0.611. The number of carbonyl (C=O) groups is 1. The van der Waals surface area contributed by atoms with Crippen molar-refractivity contribution in [2.75, 3.05) is 13.7 Å². The van der Waals surface area contributed by atoms with Gasteiger partial charge in [0.1, 0.15) is 0 Å². The summed E-state index contributed by atoms with van der Waals surface area (Å²) < 4.78 is 15.3. The van der Waals surface area contributed by atoms with Gasteiger partial charge in [0.2, 0.25) is 0 Å². The fourth-order valence-corrected chi connectivity index (χ4v) is 1.44. The van der Waals surface area contributed by atoms with Crippen molar-refractivity contribution >= 4 is 5.97 Å². The zero-order valence-electron chi connectivity index (χ0n) is 8.38. The number of ether oxygens (including phenoxy) is 3. The molecule has 1 aliphatic heterocycles. The van der Waals surface area contributed by atoms with E-state index in [2.05, 4.69) is 4.74 Å². The Balaban J connectivity index is 2.02. The van der Waals surface area contributed by atoms with Crippen LogP contribution in [0.2, 0.25) is 0 Å². The third kappa shape index (κ3) is 2.16. The van der Waals surface area contributed by atoms with Crippen molar-refractivity contribution in [1.29, 1.82) is 0 Å². The summed E-state index contributed by atoms with van der Waals surface area (Å²) in [7, 11) is 1.33. The van der Waals surface area contributed by atoms with Crippen molar-refractivity contribution in [1.82, 2.24) is 0 Å². The fraction of sp³-hybridized carbons (Fsp3) is 0.364. The number of rotatable bonds is 2. The molecule has 0 spiro atoms. The molecule has 0 N–H and O–H groups in total. The highest BCUT2D eigenvalue weighted by atomic mass is 16.7. The molecule has 0 saturated carbocycles. The Kier molecular flexibility index (Phi) is 2.99. The first-order chi connectivity index (χ1) is 7.31. The highest BCUT2D eigenvalue weighted by molar-refractivity contribution is 5.74. The third-order valence-electron chi connectivity index (χ3n) is 2.22. The lowest BCUT2D eigenvalue weighted by atomic mass is 10.2. The molecule has 0 amide bonds. The van der Waals surface area contributed by atoms with Gasteiger partial charge in [0, 0.05) is 5.56 Å². The summed E-state index contributed by atoms with van der Waals surface area (Å²) in [5.41, 5.74) is 0.906. The molecule has 4 nitrogen and oxygen atoms in total. The van der Waals surface area contributed by atoms with Crippen LogP contribution in [0.3, 0.4) is 0 Å². The van der Waals surface area contributed by atoms with Crippen molar-refractivity contribution in [2.24, 2.45) is 0 Å². The van der Waals surface area contributed by atoms with Crippen LogP contribution in [0.15, 0.2) is 30.3 Å². The summed E-state index contributed by atoms with van der Waals surface area (Å²) in [6, 6.07) is 9.49. The van der Waals surface area contributed by atoms with Crippen LogP contribution in [-0.4, -0.2) is 25.8 Å². The summed E-state index contributed by atoms with van der Waals surface area (Å²) in [5, 5.41) is 0. The number of hydrogen-bond acceptors (Lipinski definition) is 4. The lowest BCUT2D eigenvalue weighted by Gasteiger charge is -2.09. The van der Waals surface area contributed by atoms with Gasteiger partial charge in [-0.3, -0.25) is 0 Å². The van der Waals surface area contributed by atoms with Crippen molar-refractivity contribution in [3.05, 3.63) is 35.9 Å². The maximum absolute atomic E-state index is 11.2. The standard InChI is InChI=1S/C11H12O4/c1-13-10(12)9-7-14-11(15-9)8-5-3-2-4-6-8/h2-6,9,11H,7H2,1H3. The molecule has 1 aliphatic rings. The Morgan fingerprint density at radius 1 is 1.40 bits per heavy atom. The van der Waals surface area contributed by atoms with Gasteiger partial charge in [-0.2, -0.15) is 0 Å². The average Bonchev–Trinajstić information content (AvgIpc) is 2.78. The van der Waals surface area contributed by atoms with Crippen molar-refractivity contribution in [3.8, 4) is 0 Å². The second kappa shape index (κ2) is 4.42. The van der Waals surface area contributed by atoms with Gasteiger partial charge < -0.3 is 14.2 Å². The molecule has 0 radical (unpaired) electrons. The van der Waals surface area contributed by atoms with Crippen molar-refractivity contribution < 1.29 is 19.0 Å². The molecule has 2 rings (SSSR count). The van der Waals surface area contributed by atoms with E-state index in [0.717, 1.165) is 5.56 Å². The van der Waals surface area contributed by atoms with Gasteiger partial charge in [0.05, 0.1) is 13.7 Å². The molecule has 2 atom stereocenters. The molecule has 4 heteroatoms. The Hall–Kier alpha value is -1.39. The van der Waals surface area contributed by atoms with E-state index in [4.69, 9.17) is 9.47 Å². The second-order valence-corrected chi connectivity index (χ2v) is 3.22. The maximum Gasteiger partial charge on any atom is 0.337 e. The largest absolute Gasteiger partial charge is 0.467 e. The number of methoxy groups -OCH3 is 1. The Bertz CT molecular complexity index is 336. The molecule has 15 heavy (non-hydrogen) atoms. The smallest absolute Gasteiger partial charge is 0.337 e. The van der Waals surface area contributed by atoms with E-state index >= 15 is 0 Å². The normalized spacial score (nSPS) is 25.1. The quantitative estimate of drug-likeness (QED) is 0.686. The first-order valence-corrected chi connectivity index (χ1v) is 4.71.